The average Bonchev–Trinajstić information content (AvgIpc) is 3.16. The molecule has 132 valence electrons. The van der Waals surface area contributed by atoms with Gasteiger partial charge in [-0.15, -0.1) is 24.0 Å². The Morgan fingerprint density at radius 1 is 1.46 bits per heavy atom. The number of rotatable bonds is 5. The van der Waals surface area contributed by atoms with Crippen LogP contribution in [0.3, 0.4) is 0 Å². The fourth-order valence-electron chi connectivity index (χ4n) is 3.07. The Kier molecular flexibility index (Phi) is 7.22. The fourth-order valence-corrected chi connectivity index (χ4v) is 3.07. The lowest BCUT2D eigenvalue weighted by atomic mass is 9.96. The number of fused-ring (bicyclic) bond motifs is 2. The first kappa shape index (κ1) is 18.9. The molecule has 0 aromatic carbocycles. The summed E-state index contributed by atoms with van der Waals surface area (Å²) in [6.07, 6.45) is 7.20. The highest BCUT2D eigenvalue weighted by Gasteiger charge is 2.41. The summed E-state index contributed by atoms with van der Waals surface area (Å²) in [7, 11) is 0. The molecule has 2 aliphatic rings. The van der Waals surface area contributed by atoms with Crippen LogP contribution in [0.1, 0.15) is 26.2 Å². The molecule has 0 spiro atoms. The van der Waals surface area contributed by atoms with Gasteiger partial charge in [0.25, 0.3) is 0 Å². The zero-order valence-electron chi connectivity index (χ0n) is 13.7. The van der Waals surface area contributed by atoms with Gasteiger partial charge in [0.2, 0.25) is 5.91 Å². The number of nitrogens with one attached hydrogen (secondary N) is 3. The van der Waals surface area contributed by atoms with Crippen molar-refractivity contribution in [3.05, 3.63) is 24.5 Å². The topological polar surface area (TPSA) is 87.6 Å². The molecule has 1 amide bonds. The minimum absolute atomic E-state index is 0. The largest absolute Gasteiger partial charge is 0.373 e. The van der Waals surface area contributed by atoms with Crippen LogP contribution in [0.4, 0.5) is 5.69 Å². The number of nitrogens with zero attached hydrogens (tertiary/aromatic N) is 2. The van der Waals surface area contributed by atoms with Gasteiger partial charge in [-0.3, -0.25) is 9.78 Å². The maximum absolute atomic E-state index is 12.0. The lowest BCUT2D eigenvalue weighted by Crippen LogP contribution is -2.47. The van der Waals surface area contributed by atoms with Crippen LogP contribution in [0.2, 0.25) is 0 Å². The summed E-state index contributed by atoms with van der Waals surface area (Å²) in [6, 6.07) is 3.86. The quantitative estimate of drug-likeness (QED) is 0.364. The zero-order valence-corrected chi connectivity index (χ0v) is 16.0. The second-order valence-electron chi connectivity index (χ2n) is 5.85. The highest BCUT2D eigenvalue weighted by molar-refractivity contribution is 14.0. The van der Waals surface area contributed by atoms with Gasteiger partial charge in [0, 0.05) is 12.7 Å². The number of ether oxygens (including phenoxy) is 1. The van der Waals surface area contributed by atoms with Crippen molar-refractivity contribution in [2.75, 3.05) is 18.4 Å². The molecule has 8 heteroatoms. The van der Waals surface area contributed by atoms with E-state index in [0.29, 0.717) is 17.8 Å². The normalized spacial score (nSPS) is 25.0. The second-order valence-corrected chi connectivity index (χ2v) is 5.85. The molecule has 0 aliphatic carbocycles. The van der Waals surface area contributed by atoms with Gasteiger partial charge in [0.15, 0.2) is 5.96 Å². The van der Waals surface area contributed by atoms with E-state index in [1.165, 1.54) is 0 Å². The number of anilines is 1. The molecule has 24 heavy (non-hydrogen) atoms. The molecule has 2 bridgehead atoms. The Labute approximate surface area is 159 Å². The summed E-state index contributed by atoms with van der Waals surface area (Å²) in [5.41, 5.74) is 0.673. The van der Waals surface area contributed by atoms with E-state index in [1.54, 1.807) is 24.5 Å². The third kappa shape index (κ3) is 5.04. The van der Waals surface area contributed by atoms with E-state index in [9.17, 15) is 4.79 Å². The van der Waals surface area contributed by atoms with Gasteiger partial charge in [-0.25, -0.2) is 4.99 Å². The molecule has 3 atom stereocenters. The molecule has 1 aromatic heterocycles. The number of aliphatic imine (C=N–C) groups is 1. The zero-order chi connectivity index (χ0) is 16.1. The summed E-state index contributed by atoms with van der Waals surface area (Å²) < 4.78 is 5.84. The van der Waals surface area contributed by atoms with Crippen molar-refractivity contribution in [1.29, 1.82) is 0 Å². The van der Waals surface area contributed by atoms with Crippen LogP contribution in [-0.2, 0) is 9.53 Å². The van der Waals surface area contributed by atoms with Gasteiger partial charge in [-0.05, 0) is 38.3 Å². The predicted molar refractivity (Wildman–Crippen MR) is 104 cm³/mol. The van der Waals surface area contributed by atoms with Crippen LogP contribution in [0, 0.1) is 0 Å². The molecule has 0 radical (unpaired) electrons. The molecule has 2 aliphatic heterocycles. The molecule has 3 heterocycles. The lowest BCUT2D eigenvalue weighted by Gasteiger charge is -2.22. The SMILES string of the molecule is CCNC(=NCC(=O)Nc1cccnc1)NC1CC2CCC1O2.I. The van der Waals surface area contributed by atoms with Crippen molar-refractivity contribution in [3.8, 4) is 0 Å². The van der Waals surface area contributed by atoms with Crippen molar-refractivity contribution in [1.82, 2.24) is 15.6 Å². The summed E-state index contributed by atoms with van der Waals surface area (Å²) in [6.45, 7) is 2.81. The van der Waals surface area contributed by atoms with Crippen molar-refractivity contribution in [2.45, 2.75) is 44.4 Å². The first-order chi connectivity index (χ1) is 11.2. The number of pyridine rings is 1. The smallest absolute Gasteiger partial charge is 0.246 e. The Balaban J connectivity index is 0.00000208. The summed E-state index contributed by atoms with van der Waals surface area (Å²) in [5.74, 6) is 0.495. The summed E-state index contributed by atoms with van der Waals surface area (Å²) >= 11 is 0. The molecule has 3 rings (SSSR count). The third-order valence-electron chi connectivity index (χ3n) is 4.10. The first-order valence-corrected chi connectivity index (χ1v) is 8.14. The van der Waals surface area contributed by atoms with Crippen LogP contribution in [-0.4, -0.2) is 48.2 Å². The van der Waals surface area contributed by atoms with Crippen LogP contribution in [0.15, 0.2) is 29.5 Å². The monoisotopic (exact) mass is 445 g/mol. The van der Waals surface area contributed by atoms with Crippen molar-refractivity contribution in [2.24, 2.45) is 4.99 Å². The number of halogens is 1. The van der Waals surface area contributed by atoms with E-state index in [2.05, 4.69) is 25.9 Å². The maximum atomic E-state index is 12.0. The highest BCUT2D eigenvalue weighted by atomic mass is 127. The van der Waals surface area contributed by atoms with Gasteiger partial charge in [-0.1, -0.05) is 0 Å². The Hall–Kier alpha value is -1.42. The lowest BCUT2D eigenvalue weighted by molar-refractivity contribution is -0.114. The van der Waals surface area contributed by atoms with Crippen molar-refractivity contribution >= 4 is 41.5 Å². The van der Waals surface area contributed by atoms with E-state index in [1.807, 2.05) is 6.92 Å². The minimum atomic E-state index is -0.167. The van der Waals surface area contributed by atoms with Crippen molar-refractivity contribution < 1.29 is 9.53 Å². The van der Waals surface area contributed by atoms with Crippen LogP contribution < -0.4 is 16.0 Å². The molecular weight excluding hydrogens is 421 g/mol. The van der Waals surface area contributed by atoms with Gasteiger partial charge < -0.3 is 20.7 Å². The fraction of sp³-hybridized carbons (Fsp3) is 0.562. The van der Waals surface area contributed by atoms with Gasteiger partial charge >= 0.3 is 0 Å². The van der Waals surface area contributed by atoms with Gasteiger partial charge in [0.05, 0.1) is 30.1 Å². The van der Waals surface area contributed by atoms with E-state index in [4.69, 9.17) is 4.74 Å². The van der Waals surface area contributed by atoms with E-state index in [0.717, 1.165) is 25.8 Å². The second kappa shape index (κ2) is 9.16. The molecule has 3 unspecified atom stereocenters. The molecular formula is C16H24IN5O2. The van der Waals surface area contributed by atoms with Crippen molar-refractivity contribution in [3.63, 3.8) is 0 Å². The van der Waals surface area contributed by atoms with E-state index < -0.39 is 0 Å². The number of carbonyl (C=O) groups excluding carboxylic acids is 1. The number of carbonyl (C=O) groups is 1. The standard InChI is InChI=1S/C16H23N5O2.HI/c1-2-18-16(21-13-8-12-5-6-14(13)23-12)19-10-15(22)20-11-4-3-7-17-9-11;/h3-4,7,9,12-14H,2,5-6,8,10H2,1H3,(H,20,22)(H2,18,19,21);1H. The summed E-state index contributed by atoms with van der Waals surface area (Å²) in [4.78, 5) is 20.3. The Morgan fingerprint density at radius 2 is 2.33 bits per heavy atom. The minimum Gasteiger partial charge on any atom is -0.373 e. The number of hydrogen-bond donors (Lipinski definition) is 3. The molecule has 7 nitrogen and oxygen atoms in total. The highest BCUT2D eigenvalue weighted by Crippen LogP contribution is 2.34. The number of guanidine groups is 1. The van der Waals surface area contributed by atoms with Crippen LogP contribution >= 0.6 is 24.0 Å². The number of hydrogen-bond acceptors (Lipinski definition) is 4. The molecule has 0 saturated carbocycles. The predicted octanol–water partition coefficient (Wildman–Crippen LogP) is 1.51. The number of aromatic nitrogens is 1. The Bertz CT molecular complexity index is 569. The number of amides is 1. The Morgan fingerprint density at radius 3 is 2.96 bits per heavy atom. The van der Waals surface area contributed by atoms with Crippen LogP contribution in [0.25, 0.3) is 0 Å². The maximum Gasteiger partial charge on any atom is 0.246 e. The van der Waals surface area contributed by atoms with E-state index >= 15 is 0 Å². The van der Waals surface area contributed by atoms with Gasteiger partial charge in [0.1, 0.15) is 6.54 Å². The summed E-state index contributed by atoms with van der Waals surface area (Å²) in [5, 5.41) is 9.34. The molecule has 2 fully saturated rings. The molecule has 2 saturated heterocycles. The van der Waals surface area contributed by atoms with Crippen LogP contribution in [0.5, 0.6) is 0 Å². The van der Waals surface area contributed by atoms with E-state index in [-0.39, 0.29) is 48.6 Å². The van der Waals surface area contributed by atoms with Gasteiger partial charge in [-0.2, -0.15) is 0 Å². The molecule has 3 N–H and O–H groups in total. The average molecular weight is 445 g/mol. The first-order valence-electron chi connectivity index (χ1n) is 8.14. The third-order valence-corrected chi connectivity index (χ3v) is 4.10. The molecule has 1 aromatic rings.